The average molecular weight is 266 g/mol. The number of hydrogen-bond donors (Lipinski definition) is 2. The van der Waals surface area contributed by atoms with Gasteiger partial charge < -0.3 is 11.1 Å². The summed E-state index contributed by atoms with van der Waals surface area (Å²) in [6.45, 7) is 4.43. The van der Waals surface area contributed by atoms with Gasteiger partial charge in [-0.25, -0.2) is 0 Å². The lowest BCUT2D eigenvalue weighted by molar-refractivity contribution is -0.115. The van der Waals surface area contributed by atoms with Gasteiger partial charge >= 0.3 is 0 Å². The number of nitrogens with two attached hydrogens (primary N) is 1. The van der Waals surface area contributed by atoms with Gasteiger partial charge in [0, 0.05) is 23.5 Å². The smallest absolute Gasteiger partial charge is 0.225 e. The molecule has 18 heavy (non-hydrogen) atoms. The number of benzene rings is 1. The Balaban J connectivity index is 2.16. The van der Waals surface area contributed by atoms with Gasteiger partial charge in [0.1, 0.15) is 0 Å². The number of thioether (sulfide) groups is 1. The van der Waals surface area contributed by atoms with Gasteiger partial charge in [-0.15, -0.1) is 0 Å². The summed E-state index contributed by atoms with van der Waals surface area (Å²) in [5.41, 5.74) is 7.09. The van der Waals surface area contributed by atoms with E-state index in [0.29, 0.717) is 12.1 Å². The summed E-state index contributed by atoms with van der Waals surface area (Å²) in [7, 11) is 0. The Kier molecular flexibility index (Phi) is 6.65. The summed E-state index contributed by atoms with van der Waals surface area (Å²) in [6.07, 6.45) is 1.78. The second kappa shape index (κ2) is 8.03. The van der Waals surface area contributed by atoms with Crippen molar-refractivity contribution in [2.45, 2.75) is 26.7 Å². The van der Waals surface area contributed by atoms with Crippen LogP contribution >= 0.6 is 11.8 Å². The number of carbonyl (C=O) groups is 1. The molecule has 0 radical (unpaired) electrons. The first kappa shape index (κ1) is 14.9. The lowest BCUT2D eigenvalue weighted by Crippen LogP contribution is -2.12. The molecule has 0 saturated heterocycles. The molecule has 3 nitrogen and oxygen atoms in total. The molecule has 3 N–H and O–H groups in total. The lowest BCUT2D eigenvalue weighted by Gasteiger charge is -2.06. The third kappa shape index (κ3) is 6.55. The number of nitrogens with one attached hydrogen (secondary N) is 1. The molecule has 0 saturated carbocycles. The Labute approximate surface area is 114 Å². The molecular formula is C14H22N2OS. The molecule has 1 amide bonds. The maximum Gasteiger partial charge on any atom is 0.225 e. The number of hydrogen-bond acceptors (Lipinski definition) is 3. The van der Waals surface area contributed by atoms with Crippen LogP contribution in [0.15, 0.2) is 24.3 Å². The van der Waals surface area contributed by atoms with E-state index in [1.54, 1.807) is 12.1 Å². The van der Waals surface area contributed by atoms with Gasteiger partial charge in [-0.1, -0.05) is 13.8 Å². The van der Waals surface area contributed by atoms with E-state index in [4.69, 9.17) is 5.73 Å². The standard InChI is InChI=1S/C14H22N2OS/c1-11(2)7-9-18-10-8-14(17)16-13-5-3-12(15)4-6-13/h3-6,11H,7-10,15H2,1-2H3,(H,16,17). The first-order chi connectivity index (χ1) is 8.58. The Bertz CT molecular complexity index is 363. The van der Waals surface area contributed by atoms with Gasteiger partial charge in [0.05, 0.1) is 0 Å². The third-order valence-corrected chi connectivity index (χ3v) is 3.52. The highest BCUT2D eigenvalue weighted by atomic mass is 32.2. The second-order valence-electron chi connectivity index (χ2n) is 4.72. The van der Waals surface area contributed by atoms with Crippen molar-refractivity contribution in [3.05, 3.63) is 24.3 Å². The van der Waals surface area contributed by atoms with E-state index in [0.717, 1.165) is 23.1 Å². The second-order valence-corrected chi connectivity index (χ2v) is 5.94. The Morgan fingerprint density at radius 1 is 1.28 bits per heavy atom. The molecule has 0 heterocycles. The molecule has 1 aromatic carbocycles. The predicted molar refractivity (Wildman–Crippen MR) is 80.9 cm³/mol. The van der Waals surface area contributed by atoms with Gasteiger partial charge in [-0.2, -0.15) is 11.8 Å². The van der Waals surface area contributed by atoms with Crippen molar-refractivity contribution in [1.82, 2.24) is 0 Å². The quantitative estimate of drug-likeness (QED) is 0.587. The Hall–Kier alpha value is -1.16. The van der Waals surface area contributed by atoms with E-state index >= 15 is 0 Å². The predicted octanol–water partition coefficient (Wildman–Crippen LogP) is 3.38. The first-order valence-corrected chi connectivity index (χ1v) is 7.46. The van der Waals surface area contributed by atoms with E-state index < -0.39 is 0 Å². The Morgan fingerprint density at radius 2 is 1.94 bits per heavy atom. The minimum atomic E-state index is 0.0665. The van der Waals surface area contributed by atoms with Crippen molar-refractivity contribution in [2.75, 3.05) is 22.6 Å². The van der Waals surface area contributed by atoms with Crippen molar-refractivity contribution in [3.8, 4) is 0 Å². The van der Waals surface area contributed by atoms with Gasteiger partial charge in [0.25, 0.3) is 0 Å². The van der Waals surface area contributed by atoms with Crippen LogP contribution in [0.2, 0.25) is 0 Å². The molecule has 0 aliphatic carbocycles. The average Bonchev–Trinajstić information content (AvgIpc) is 2.31. The van der Waals surface area contributed by atoms with Crippen LogP contribution in [0.1, 0.15) is 26.7 Å². The van der Waals surface area contributed by atoms with E-state index in [1.165, 1.54) is 6.42 Å². The summed E-state index contributed by atoms with van der Waals surface area (Å²) < 4.78 is 0. The lowest BCUT2D eigenvalue weighted by atomic mass is 10.2. The van der Waals surface area contributed by atoms with Crippen molar-refractivity contribution in [1.29, 1.82) is 0 Å². The van der Waals surface area contributed by atoms with E-state index in [2.05, 4.69) is 19.2 Å². The molecule has 1 rings (SSSR count). The summed E-state index contributed by atoms with van der Waals surface area (Å²) in [5.74, 6) is 2.82. The fourth-order valence-corrected chi connectivity index (χ4v) is 2.55. The Morgan fingerprint density at radius 3 is 2.56 bits per heavy atom. The van der Waals surface area contributed by atoms with Crippen molar-refractivity contribution in [3.63, 3.8) is 0 Å². The molecule has 0 aliphatic rings. The zero-order valence-electron chi connectivity index (χ0n) is 11.1. The molecule has 0 aromatic heterocycles. The fourth-order valence-electron chi connectivity index (χ4n) is 1.38. The van der Waals surface area contributed by atoms with Crippen LogP contribution in [0.5, 0.6) is 0 Å². The maximum absolute atomic E-state index is 11.6. The van der Waals surface area contributed by atoms with Crippen LogP contribution in [-0.4, -0.2) is 17.4 Å². The SMILES string of the molecule is CC(C)CCSCCC(=O)Nc1ccc(N)cc1. The van der Waals surface area contributed by atoms with Crippen LogP contribution in [0.3, 0.4) is 0 Å². The summed E-state index contributed by atoms with van der Waals surface area (Å²) >= 11 is 1.84. The highest BCUT2D eigenvalue weighted by molar-refractivity contribution is 7.99. The molecule has 4 heteroatoms. The number of anilines is 2. The topological polar surface area (TPSA) is 55.1 Å². The molecule has 0 aliphatic heterocycles. The number of amides is 1. The number of carbonyl (C=O) groups excluding carboxylic acids is 1. The normalized spacial score (nSPS) is 10.6. The molecule has 0 fully saturated rings. The largest absolute Gasteiger partial charge is 0.399 e. The maximum atomic E-state index is 11.6. The van der Waals surface area contributed by atoms with Crippen LogP contribution in [0, 0.1) is 5.92 Å². The fraction of sp³-hybridized carbons (Fsp3) is 0.500. The van der Waals surface area contributed by atoms with Crippen LogP contribution in [-0.2, 0) is 4.79 Å². The minimum absolute atomic E-state index is 0.0665. The van der Waals surface area contributed by atoms with E-state index in [-0.39, 0.29) is 5.91 Å². The molecule has 1 aromatic rings. The molecule has 0 unspecified atom stereocenters. The van der Waals surface area contributed by atoms with Gasteiger partial charge in [0.2, 0.25) is 5.91 Å². The van der Waals surface area contributed by atoms with Gasteiger partial charge in [-0.3, -0.25) is 4.79 Å². The van der Waals surface area contributed by atoms with Gasteiger partial charge in [-0.05, 0) is 42.4 Å². The zero-order valence-corrected chi connectivity index (χ0v) is 11.9. The van der Waals surface area contributed by atoms with E-state index in [1.807, 2.05) is 23.9 Å². The van der Waals surface area contributed by atoms with Crippen LogP contribution in [0.4, 0.5) is 11.4 Å². The summed E-state index contributed by atoms with van der Waals surface area (Å²) in [6, 6.07) is 7.21. The highest BCUT2D eigenvalue weighted by Crippen LogP contribution is 2.12. The summed E-state index contributed by atoms with van der Waals surface area (Å²) in [5, 5.41) is 2.86. The number of rotatable bonds is 7. The van der Waals surface area contributed by atoms with E-state index in [9.17, 15) is 4.79 Å². The zero-order chi connectivity index (χ0) is 13.4. The van der Waals surface area contributed by atoms with Gasteiger partial charge in [0.15, 0.2) is 0 Å². The molecular weight excluding hydrogens is 244 g/mol. The molecule has 0 bridgehead atoms. The van der Waals surface area contributed by atoms with Crippen LogP contribution in [0.25, 0.3) is 0 Å². The monoisotopic (exact) mass is 266 g/mol. The first-order valence-electron chi connectivity index (χ1n) is 6.31. The minimum Gasteiger partial charge on any atom is -0.399 e. The number of nitrogen functional groups attached to an aromatic ring is 1. The molecule has 100 valence electrons. The van der Waals surface area contributed by atoms with Crippen molar-refractivity contribution >= 4 is 29.0 Å². The van der Waals surface area contributed by atoms with Crippen molar-refractivity contribution in [2.24, 2.45) is 5.92 Å². The molecule has 0 spiro atoms. The van der Waals surface area contributed by atoms with Crippen LogP contribution < -0.4 is 11.1 Å². The molecule has 0 atom stereocenters. The summed E-state index contributed by atoms with van der Waals surface area (Å²) in [4.78, 5) is 11.6. The highest BCUT2D eigenvalue weighted by Gasteiger charge is 2.02. The third-order valence-electron chi connectivity index (χ3n) is 2.51. The van der Waals surface area contributed by atoms with Crippen molar-refractivity contribution < 1.29 is 4.79 Å².